The largest absolute Gasteiger partial charge is 0.487 e. The number of hydrogen-bond donors (Lipinski definition) is 1. The van der Waals surface area contributed by atoms with Gasteiger partial charge in [0, 0.05) is 11.6 Å². The average Bonchev–Trinajstić information content (AvgIpc) is 2.55. The van der Waals surface area contributed by atoms with E-state index in [1.165, 1.54) is 6.42 Å². The lowest BCUT2D eigenvalue weighted by Gasteiger charge is -2.41. The number of nitrogens with one attached hydrogen (secondary N) is 1. The summed E-state index contributed by atoms with van der Waals surface area (Å²) in [5.41, 5.74) is 5.10. The third-order valence-electron chi connectivity index (χ3n) is 5.24. The minimum Gasteiger partial charge on any atom is -0.487 e. The molecule has 2 aliphatic heterocycles. The monoisotopic (exact) mass is 341 g/mol. The minimum absolute atomic E-state index is 0.129. The number of anilines is 1. The van der Waals surface area contributed by atoms with Crippen LogP contribution in [0.25, 0.3) is 5.57 Å². The molecule has 4 rings (SSSR count). The quantitative estimate of drug-likeness (QED) is 0.918. The molecule has 1 aromatic rings. The molecule has 6 nitrogen and oxygen atoms in total. The van der Waals surface area contributed by atoms with E-state index in [0.717, 1.165) is 41.2 Å². The lowest BCUT2D eigenvalue weighted by Crippen LogP contribution is -2.55. The second-order valence-corrected chi connectivity index (χ2v) is 7.34. The smallest absolute Gasteiger partial charge is 0.262 e. The SMILES string of the molecule is C=C(C)c1cc2c(cc1OC1(C)CCC1)N1C(=NNC(=O)C1C)CO2. The van der Waals surface area contributed by atoms with Crippen molar-refractivity contribution in [1.29, 1.82) is 0 Å². The number of allylic oxidation sites excluding steroid dienone is 1. The first-order valence-corrected chi connectivity index (χ1v) is 8.69. The molecule has 1 unspecified atom stereocenters. The number of benzene rings is 1. The molecule has 1 aliphatic carbocycles. The van der Waals surface area contributed by atoms with Crippen LogP contribution in [-0.2, 0) is 4.79 Å². The Balaban J connectivity index is 1.81. The molecule has 3 aliphatic rings. The molecule has 0 bridgehead atoms. The third kappa shape index (κ3) is 2.56. The molecular formula is C19H23N3O3. The first-order chi connectivity index (χ1) is 11.9. The summed E-state index contributed by atoms with van der Waals surface area (Å²) in [5.74, 6) is 2.08. The number of amides is 1. The zero-order valence-corrected chi connectivity index (χ0v) is 14.9. The van der Waals surface area contributed by atoms with Crippen LogP contribution in [0.5, 0.6) is 11.5 Å². The Morgan fingerprint density at radius 2 is 2.24 bits per heavy atom. The fraction of sp³-hybridized carbons (Fsp3) is 0.474. The maximum absolute atomic E-state index is 12.1. The van der Waals surface area contributed by atoms with Gasteiger partial charge in [-0.05, 0) is 51.7 Å². The number of ether oxygens (including phenoxy) is 2. The minimum atomic E-state index is -0.349. The highest BCUT2D eigenvalue weighted by Crippen LogP contribution is 2.45. The van der Waals surface area contributed by atoms with Crippen LogP contribution in [0.4, 0.5) is 5.69 Å². The van der Waals surface area contributed by atoms with E-state index < -0.39 is 0 Å². The number of amidine groups is 1. The van der Waals surface area contributed by atoms with Crippen LogP contribution in [0, 0.1) is 0 Å². The molecule has 1 fully saturated rings. The lowest BCUT2D eigenvalue weighted by molar-refractivity contribution is -0.122. The van der Waals surface area contributed by atoms with E-state index in [9.17, 15) is 4.79 Å². The van der Waals surface area contributed by atoms with Crippen molar-refractivity contribution in [3.8, 4) is 11.5 Å². The molecule has 1 atom stereocenters. The molecule has 1 aromatic carbocycles. The lowest BCUT2D eigenvalue weighted by atomic mass is 9.82. The summed E-state index contributed by atoms with van der Waals surface area (Å²) >= 11 is 0. The van der Waals surface area contributed by atoms with Crippen LogP contribution < -0.4 is 19.8 Å². The van der Waals surface area contributed by atoms with Crippen LogP contribution >= 0.6 is 0 Å². The molecule has 2 heterocycles. The van der Waals surface area contributed by atoms with Crippen LogP contribution in [0.3, 0.4) is 0 Å². The number of nitrogens with zero attached hydrogens (tertiary/aromatic N) is 2. The fourth-order valence-electron chi connectivity index (χ4n) is 3.51. The van der Waals surface area contributed by atoms with Gasteiger partial charge < -0.3 is 14.4 Å². The normalized spacial score (nSPS) is 23.3. The molecule has 132 valence electrons. The van der Waals surface area contributed by atoms with Crippen molar-refractivity contribution in [2.45, 2.75) is 51.7 Å². The third-order valence-corrected chi connectivity index (χ3v) is 5.24. The van der Waals surface area contributed by atoms with Crippen molar-refractivity contribution in [2.24, 2.45) is 5.10 Å². The van der Waals surface area contributed by atoms with E-state index in [0.29, 0.717) is 12.4 Å². The predicted molar refractivity (Wildman–Crippen MR) is 97.0 cm³/mol. The van der Waals surface area contributed by atoms with E-state index in [1.54, 1.807) is 0 Å². The van der Waals surface area contributed by atoms with Gasteiger partial charge >= 0.3 is 0 Å². The summed E-state index contributed by atoms with van der Waals surface area (Å²) in [6, 6.07) is 3.58. The highest BCUT2D eigenvalue weighted by molar-refractivity contribution is 6.09. The molecule has 0 aromatic heterocycles. The molecule has 6 heteroatoms. The Kier molecular flexibility index (Phi) is 3.52. The summed E-state index contributed by atoms with van der Waals surface area (Å²) < 4.78 is 12.2. The van der Waals surface area contributed by atoms with Crippen molar-refractivity contribution in [3.05, 3.63) is 24.3 Å². The van der Waals surface area contributed by atoms with E-state index >= 15 is 0 Å². The van der Waals surface area contributed by atoms with E-state index in [1.807, 2.05) is 30.9 Å². The predicted octanol–water partition coefficient (Wildman–Crippen LogP) is 3.07. The highest BCUT2D eigenvalue weighted by Gasteiger charge is 2.38. The number of hydrazone groups is 1. The van der Waals surface area contributed by atoms with Crippen molar-refractivity contribution in [2.75, 3.05) is 11.5 Å². The molecular weight excluding hydrogens is 318 g/mol. The Bertz CT molecular complexity index is 795. The number of carbonyl (C=O) groups excluding carboxylic acids is 1. The van der Waals surface area contributed by atoms with Crippen molar-refractivity contribution < 1.29 is 14.3 Å². The number of rotatable bonds is 3. The topological polar surface area (TPSA) is 63.2 Å². The van der Waals surface area contributed by atoms with Crippen molar-refractivity contribution >= 4 is 23.0 Å². The van der Waals surface area contributed by atoms with Crippen LogP contribution in [0.15, 0.2) is 23.8 Å². The second-order valence-electron chi connectivity index (χ2n) is 7.34. The van der Waals surface area contributed by atoms with Gasteiger partial charge in [-0.2, -0.15) is 5.10 Å². The van der Waals surface area contributed by atoms with E-state index in [-0.39, 0.29) is 17.6 Å². The van der Waals surface area contributed by atoms with Crippen molar-refractivity contribution in [3.63, 3.8) is 0 Å². The van der Waals surface area contributed by atoms with Gasteiger partial charge in [0.15, 0.2) is 5.84 Å². The molecule has 1 N–H and O–H groups in total. The number of carbonyl (C=O) groups is 1. The molecule has 1 amide bonds. The summed E-state index contributed by atoms with van der Waals surface area (Å²) in [7, 11) is 0. The Morgan fingerprint density at radius 3 is 2.88 bits per heavy atom. The average molecular weight is 341 g/mol. The summed E-state index contributed by atoms with van der Waals surface area (Å²) in [4.78, 5) is 14.0. The van der Waals surface area contributed by atoms with Crippen LogP contribution in [-0.4, -0.2) is 30.0 Å². The van der Waals surface area contributed by atoms with Gasteiger partial charge in [0.05, 0.1) is 5.69 Å². The van der Waals surface area contributed by atoms with Gasteiger partial charge in [-0.1, -0.05) is 6.58 Å². The summed E-state index contributed by atoms with van der Waals surface area (Å²) in [5, 5.41) is 4.13. The summed E-state index contributed by atoms with van der Waals surface area (Å²) in [6.45, 7) is 10.4. The molecule has 1 saturated carbocycles. The maximum Gasteiger partial charge on any atom is 0.262 e. The maximum atomic E-state index is 12.1. The van der Waals surface area contributed by atoms with Crippen LogP contribution in [0.1, 0.15) is 45.6 Å². The zero-order chi connectivity index (χ0) is 17.8. The van der Waals surface area contributed by atoms with Gasteiger partial charge in [-0.25, -0.2) is 5.43 Å². The highest BCUT2D eigenvalue weighted by atomic mass is 16.5. The van der Waals surface area contributed by atoms with Gasteiger partial charge in [-0.15, -0.1) is 0 Å². The molecule has 0 spiro atoms. The Morgan fingerprint density at radius 1 is 1.48 bits per heavy atom. The van der Waals surface area contributed by atoms with Crippen molar-refractivity contribution in [1.82, 2.24) is 5.43 Å². The number of hydrogen-bond acceptors (Lipinski definition) is 5. The van der Waals surface area contributed by atoms with E-state index in [4.69, 9.17) is 9.47 Å². The number of fused-ring (bicyclic) bond motifs is 3. The fourth-order valence-corrected chi connectivity index (χ4v) is 3.51. The molecule has 0 radical (unpaired) electrons. The van der Waals surface area contributed by atoms with Gasteiger partial charge in [0.1, 0.15) is 29.7 Å². The Hall–Kier alpha value is -2.50. The molecule has 0 saturated heterocycles. The first-order valence-electron chi connectivity index (χ1n) is 8.69. The second kappa shape index (κ2) is 5.51. The first kappa shape index (κ1) is 16.0. The molecule has 25 heavy (non-hydrogen) atoms. The Labute approximate surface area is 147 Å². The van der Waals surface area contributed by atoms with Gasteiger partial charge in [0.2, 0.25) is 0 Å². The summed E-state index contributed by atoms with van der Waals surface area (Å²) in [6.07, 6.45) is 3.28. The zero-order valence-electron chi connectivity index (χ0n) is 14.9. The standard InChI is InChI=1S/C19H23N3O3/c1-11(2)13-8-16-14(9-15(13)25-19(4)6-5-7-19)22-12(3)18(23)21-20-17(22)10-24-16/h8-9,12H,1,5-7,10H2,2-4H3,(H,21,23). The van der Waals surface area contributed by atoms with Gasteiger partial charge in [-0.3, -0.25) is 4.79 Å². The van der Waals surface area contributed by atoms with E-state index in [2.05, 4.69) is 24.0 Å². The van der Waals surface area contributed by atoms with Gasteiger partial charge in [0.25, 0.3) is 5.91 Å². The van der Waals surface area contributed by atoms with Crippen LogP contribution in [0.2, 0.25) is 0 Å².